The van der Waals surface area contributed by atoms with Gasteiger partial charge in [-0.15, -0.1) is 0 Å². The number of alkyl halides is 2. The van der Waals surface area contributed by atoms with Crippen LogP contribution in [0.3, 0.4) is 0 Å². The van der Waals surface area contributed by atoms with Gasteiger partial charge >= 0.3 is 11.9 Å². The first-order valence-corrected chi connectivity index (χ1v) is 15.9. The van der Waals surface area contributed by atoms with Crippen molar-refractivity contribution in [3.05, 3.63) is 23.2 Å². The zero-order valence-electron chi connectivity index (χ0n) is 24.6. The molecule has 2 fully saturated rings. The lowest BCUT2D eigenvalue weighted by Gasteiger charge is -2.29. The monoisotopic (exact) mass is 600 g/mol. The molecule has 41 heavy (non-hydrogen) atoms. The Morgan fingerprint density at radius 1 is 0.780 bits per heavy atom. The fourth-order valence-electron chi connectivity index (χ4n) is 5.42. The average molecular weight is 601 g/mol. The molecule has 1 aromatic rings. The summed E-state index contributed by atoms with van der Waals surface area (Å²) in [5.41, 5.74) is 0. The molecule has 0 bridgehead atoms. The van der Waals surface area contributed by atoms with E-state index in [-0.39, 0.29) is 25.0 Å². The molecule has 0 saturated heterocycles. The van der Waals surface area contributed by atoms with E-state index in [9.17, 15) is 18.4 Å². The van der Waals surface area contributed by atoms with Crippen LogP contribution in [0, 0.1) is 11.8 Å². The number of rotatable bonds is 16. The molecule has 0 unspecified atom stereocenters. The highest BCUT2D eigenvalue weighted by Gasteiger charge is 2.29. The van der Waals surface area contributed by atoms with Crippen LogP contribution in [-0.2, 0) is 19.1 Å². The Labute approximate surface area is 248 Å². The van der Waals surface area contributed by atoms with E-state index < -0.39 is 24.3 Å². The molecule has 0 amide bonds. The highest BCUT2D eigenvalue weighted by Crippen LogP contribution is 2.33. The molecule has 3 rings (SSSR count). The van der Waals surface area contributed by atoms with Gasteiger partial charge in [0.1, 0.15) is 23.7 Å². The van der Waals surface area contributed by atoms with Gasteiger partial charge in [-0.2, -0.15) is 0 Å². The first-order valence-electron chi connectivity index (χ1n) is 15.5. The lowest BCUT2D eigenvalue weighted by atomic mass is 9.88. The van der Waals surface area contributed by atoms with E-state index in [2.05, 4.69) is 0 Å². The molecule has 0 N–H and O–H groups in total. The van der Waals surface area contributed by atoms with Gasteiger partial charge in [-0.1, -0.05) is 51.1 Å². The van der Waals surface area contributed by atoms with E-state index in [0.717, 1.165) is 38.5 Å². The van der Waals surface area contributed by atoms with Crippen molar-refractivity contribution in [2.45, 2.75) is 128 Å². The number of unbranched alkanes of at least 4 members (excludes halogenated alkanes) is 2. The van der Waals surface area contributed by atoms with Crippen LogP contribution in [0.15, 0.2) is 18.2 Å². The smallest absolute Gasteiger partial charge is 0.340 e. The third-order valence-electron chi connectivity index (χ3n) is 8.15. The predicted molar refractivity (Wildman–Crippen MR) is 155 cm³/mol. The zero-order valence-corrected chi connectivity index (χ0v) is 25.3. The van der Waals surface area contributed by atoms with Gasteiger partial charge in [0.25, 0.3) is 0 Å². The number of hydrogen-bond donors (Lipinski definition) is 0. The van der Waals surface area contributed by atoms with Gasteiger partial charge in [-0.25, -0.2) is 18.4 Å². The highest BCUT2D eigenvalue weighted by atomic mass is 35.5. The van der Waals surface area contributed by atoms with Crippen molar-refractivity contribution >= 4 is 23.5 Å². The van der Waals surface area contributed by atoms with Gasteiger partial charge in [-0.3, -0.25) is 0 Å². The summed E-state index contributed by atoms with van der Waals surface area (Å²) in [7, 11) is 0. The van der Waals surface area contributed by atoms with Crippen molar-refractivity contribution in [2.24, 2.45) is 11.8 Å². The molecule has 0 heterocycles. The minimum atomic E-state index is -1.52. The van der Waals surface area contributed by atoms with Crippen LogP contribution in [0.25, 0.3) is 0 Å². The van der Waals surface area contributed by atoms with Crippen LogP contribution in [0.5, 0.6) is 11.5 Å². The first-order chi connectivity index (χ1) is 19.8. The number of carbonyl (C=O) groups is 2. The molecule has 9 heteroatoms. The lowest BCUT2D eigenvalue weighted by molar-refractivity contribution is -0.158. The summed E-state index contributed by atoms with van der Waals surface area (Å²) in [6, 6.07) is 5.41. The molecule has 2 aliphatic rings. The third-order valence-corrected chi connectivity index (χ3v) is 8.45. The van der Waals surface area contributed by atoms with Gasteiger partial charge < -0.3 is 18.9 Å². The summed E-state index contributed by atoms with van der Waals surface area (Å²) in [5, 5.41) is 0.477. The normalized spacial score (nSPS) is 24.2. The average Bonchev–Trinajstić information content (AvgIpc) is 2.98. The lowest BCUT2D eigenvalue weighted by Crippen LogP contribution is -2.30. The minimum absolute atomic E-state index is 0.215. The zero-order chi connectivity index (χ0) is 29.6. The van der Waals surface area contributed by atoms with E-state index in [1.165, 1.54) is 0 Å². The summed E-state index contributed by atoms with van der Waals surface area (Å²) < 4.78 is 50.5. The Morgan fingerprint density at radius 2 is 1.24 bits per heavy atom. The van der Waals surface area contributed by atoms with Crippen LogP contribution in [-0.4, -0.2) is 49.7 Å². The van der Waals surface area contributed by atoms with E-state index in [1.54, 1.807) is 6.07 Å². The molecular formula is C32H47ClF2O6. The second kappa shape index (κ2) is 17.8. The quantitative estimate of drug-likeness (QED) is 0.178. The van der Waals surface area contributed by atoms with Crippen LogP contribution in [0.2, 0.25) is 5.02 Å². The maximum Gasteiger partial charge on any atom is 0.340 e. The van der Waals surface area contributed by atoms with Crippen molar-refractivity contribution in [3.8, 4) is 11.5 Å². The van der Waals surface area contributed by atoms with Crippen molar-refractivity contribution in [1.82, 2.24) is 0 Å². The molecule has 2 saturated carbocycles. The summed E-state index contributed by atoms with van der Waals surface area (Å²) >= 11 is 6.46. The Hall–Kier alpha value is -2.09. The van der Waals surface area contributed by atoms with Crippen molar-refractivity contribution in [2.75, 3.05) is 13.2 Å². The van der Waals surface area contributed by atoms with Crippen LogP contribution in [0.1, 0.15) is 104 Å². The van der Waals surface area contributed by atoms with Crippen molar-refractivity contribution < 1.29 is 37.3 Å². The molecule has 0 radical (unpaired) electrons. The van der Waals surface area contributed by atoms with Crippen molar-refractivity contribution in [3.63, 3.8) is 0 Å². The molecular weight excluding hydrogens is 554 g/mol. The fourth-order valence-corrected chi connectivity index (χ4v) is 5.65. The molecule has 232 valence electrons. The van der Waals surface area contributed by atoms with Gasteiger partial charge in [0.05, 0.1) is 18.2 Å². The molecule has 2 atom stereocenters. The molecule has 1 aromatic carbocycles. The Balaban J connectivity index is 1.31. The van der Waals surface area contributed by atoms with Gasteiger partial charge in [0.15, 0.2) is 12.3 Å². The minimum Gasteiger partial charge on any atom is -0.493 e. The highest BCUT2D eigenvalue weighted by molar-refractivity contribution is 6.32. The summed E-state index contributed by atoms with van der Waals surface area (Å²) in [4.78, 5) is 23.9. The molecule has 0 aromatic heterocycles. The molecule has 0 spiro atoms. The second-order valence-corrected chi connectivity index (χ2v) is 12.0. The summed E-state index contributed by atoms with van der Waals surface area (Å²) in [6.45, 7) is 4.98. The maximum atomic E-state index is 13.9. The van der Waals surface area contributed by atoms with Crippen LogP contribution in [0.4, 0.5) is 8.78 Å². The van der Waals surface area contributed by atoms with E-state index >= 15 is 0 Å². The summed E-state index contributed by atoms with van der Waals surface area (Å²) in [5.74, 6) is 0.463. The first kappa shape index (κ1) is 33.4. The Kier molecular flexibility index (Phi) is 14.5. The topological polar surface area (TPSA) is 71.1 Å². The Bertz CT molecular complexity index is 931. The number of benzene rings is 1. The molecule has 6 nitrogen and oxygen atoms in total. The number of hydrogen-bond acceptors (Lipinski definition) is 6. The van der Waals surface area contributed by atoms with Crippen LogP contribution >= 0.6 is 11.6 Å². The van der Waals surface area contributed by atoms with Gasteiger partial charge in [0.2, 0.25) is 0 Å². The van der Waals surface area contributed by atoms with E-state index in [1.807, 2.05) is 26.0 Å². The van der Waals surface area contributed by atoms with Gasteiger partial charge in [0, 0.05) is 6.07 Å². The second-order valence-electron chi connectivity index (χ2n) is 11.6. The number of esters is 2. The third kappa shape index (κ3) is 11.6. The standard InChI is InChI=1S/C32H47ClF2O6/c1-3-5-7-28(34)31(36)40-24-13-9-22(10-14-24)20-38-26-17-18-30(27(33)19-26)39-21-23-11-15-25(16-12-23)41-32(37)29(35)8-6-4-2/h17-19,22-25,28-29H,3-16,20-21H2,1-2H3/t22-,23-,24-,25-,28-,29-/m0/s1. The molecule has 2 aliphatic carbocycles. The van der Waals surface area contributed by atoms with E-state index in [0.29, 0.717) is 80.1 Å². The van der Waals surface area contributed by atoms with Crippen molar-refractivity contribution in [1.29, 1.82) is 0 Å². The van der Waals surface area contributed by atoms with Crippen LogP contribution < -0.4 is 9.47 Å². The number of halogens is 3. The predicted octanol–water partition coefficient (Wildman–Crippen LogP) is 8.36. The largest absolute Gasteiger partial charge is 0.493 e. The molecule has 0 aliphatic heterocycles. The fraction of sp³-hybridized carbons (Fsp3) is 0.750. The SMILES string of the molecule is CCCC[C@H](F)C(=O)O[C@H]1CC[C@H](COc2ccc(OC[C@H]3CC[C@H](OC(=O)[C@@H](F)CCCC)CC3)c(Cl)c2)CC1. The maximum absolute atomic E-state index is 13.9. The Morgan fingerprint density at radius 3 is 1.68 bits per heavy atom. The van der Waals surface area contributed by atoms with E-state index in [4.69, 9.17) is 30.5 Å². The number of carbonyl (C=O) groups excluding carboxylic acids is 2. The number of ether oxygens (including phenoxy) is 4. The summed E-state index contributed by atoms with van der Waals surface area (Å²) in [6.07, 6.45) is 6.29. The van der Waals surface area contributed by atoms with Gasteiger partial charge in [-0.05, 0) is 88.2 Å².